The van der Waals surface area contributed by atoms with E-state index in [0.717, 1.165) is 0 Å². The molecule has 156 valence electrons. The van der Waals surface area contributed by atoms with E-state index in [1.165, 1.54) is 0 Å². The van der Waals surface area contributed by atoms with Crippen molar-refractivity contribution < 1.29 is 18.7 Å². The van der Waals surface area contributed by atoms with Gasteiger partial charge in [0.2, 0.25) is 11.2 Å². The largest absolute Gasteiger partial charge is 0.497 e. The fraction of sp³-hybridized carbons (Fsp3) is 0.0833. The molecule has 0 unspecified atom stereocenters. The molecule has 0 aliphatic rings. The smallest absolute Gasteiger partial charge is 0.276 e. The normalized spacial score (nSPS) is 10.5. The van der Waals surface area contributed by atoms with E-state index in [-0.39, 0.29) is 23.5 Å². The number of rotatable bonds is 7. The maximum absolute atomic E-state index is 13.0. The van der Waals surface area contributed by atoms with Crippen LogP contribution in [0.2, 0.25) is 0 Å². The molecule has 0 bridgehead atoms. The zero-order valence-corrected chi connectivity index (χ0v) is 16.8. The van der Waals surface area contributed by atoms with E-state index < -0.39 is 5.91 Å². The summed E-state index contributed by atoms with van der Waals surface area (Å²) in [6.07, 6.45) is 0. The summed E-state index contributed by atoms with van der Waals surface area (Å²) in [5, 5.41) is 0.382. The van der Waals surface area contributed by atoms with E-state index in [2.05, 4.69) is 10.9 Å². The minimum Gasteiger partial charge on any atom is -0.497 e. The van der Waals surface area contributed by atoms with Gasteiger partial charge in [0, 0.05) is 11.6 Å². The second-order valence-corrected chi connectivity index (χ2v) is 6.65. The van der Waals surface area contributed by atoms with Crippen molar-refractivity contribution in [2.45, 2.75) is 0 Å². The Bertz CT molecular complexity index is 1270. The van der Waals surface area contributed by atoms with E-state index in [4.69, 9.17) is 13.9 Å². The lowest BCUT2D eigenvalue weighted by molar-refractivity contribution is -0.122. The topological polar surface area (TPSA) is 89.8 Å². The fourth-order valence-corrected chi connectivity index (χ4v) is 3.05. The number of benzene rings is 3. The number of anilines is 1. The molecule has 0 atom stereocenters. The number of para-hydroxylation sites is 1. The Kier molecular flexibility index (Phi) is 5.84. The van der Waals surface area contributed by atoms with Gasteiger partial charge < -0.3 is 13.9 Å². The number of hydrazine groups is 1. The van der Waals surface area contributed by atoms with Crippen LogP contribution in [0.5, 0.6) is 11.5 Å². The predicted octanol–water partition coefficient (Wildman–Crippen LogP) is 3.99. The van der Waals surface area contributed by atoms with Gasteiger partial charge in [-0.2, -0.15) is 0 Å². The molecule has 7 nitrogen and oxygen atoms in total. The van der Waals surface area contributed by atoms with Crippen LogP contribution < -0.4 is 25.8 Å². The van der Waals surface area contributed by atoms with Crippen LogP contribution in [-0.4, -0.2) is 19.6 Å². The molecule has 4 rings (SSSR count). The fourth-order valence-electron chi connectivity index (χ4n) is 3.05. The van der Waals surface area contributed by atoms with Crippen LogP contribution in [0, 0.1) is 0 Å². The Labute approximate surface area is 178 Å². The van der Waals surface area contributed by atoms with Gasteiger partial charge >= 0.3 is 0 Å². The molecular weight excluding hydrogens is 396 g/mol. The Hall–Kier alpha value is -4.26. The average Bonchev–Trinajstić information content (AvgIpc) is 2.82. The molecule has 0 aliphatic heterocycles. The van der Waals surface area contributed by atoms with Gasteiger partial charge in [-0.1, -0.05) is 48.5 Å². The number of ether oxygens (including phenoxy) is 2. The molecule has 3 aromatic carbocycles. The number of hydrogen-bond donors (Lipinski definition) is 2. The second kappa shape index (κ2) is 9.04. The maximum atomic E-state index is 13.0. The molecule has 0 saturated heterocycles. The molecule has 1 amide bonds. The highest BCUT2D eigenvalue weighted by atomic mass is 16.5. The van der Waals surface area contributed by atoms with Gasteiger partial charge in [0.1, 0.15) is 11.3 Å². The summed E-state index contributed by atoms with van der Waals surface area (Å²) in [6.45, 7) is -0.375. The van der Waals surface area contributed by atoms with E-state index >= 15 is 0 Å². The summed E-state index contributed by atoms with van der Waals surface area (Å²) >= 11 is 0. The van der Waals surface area contributed by atoms with Crippen molar-refractivity contribution in [1.29, 1.82) is 0 Å². The summed E-state index contributed by atoms with van der Waals surface area (Å²) in [7, 11) is 1.56. The molecule has 4 aromatic rings. The Balaban J connectivity index is 1.55. The lowest BCUT2D eigenvalue weighted by atomic mass is 10.1. The third kappa shape index (κ3) is 4.51. The zero-order chi connectivity index (χ0) is 21.6. The van der Waals surface area contributed by atoms with Crippen LogP contribution in [0.15, 0.2) is 88.1 Å². The Morgan fingerprint density at radius 3 is 2.55 bits per heavy atom. The lowest BCUT2D eigenvalue weighted by Gasteiger charge is -2.13. The van der Waals surface area contributed by atoms with Crippen molar-refractivity contribution in [3.8, 4) is 22.8 Å². The number of amides is 1. The van der Waals surface area contributed by atoms with E-state index in [1.807, 2.05) is 30.3 Å². The molecule has 0 aliphatic carbocycles. The van der Waals surface area contributed by atoms with E-state index in [9.17, 15) is 9.59 Å². The number of fused-ring (bicyclic) bond motifs is 1. The predicted molar refractivity (Wildman–Crippen MR) is 118 cm³/mol. The van der Waals surface area contributed by atoms with Crippen LogP contribution in [0.3, 0.4) is 0 Å². The SMILES string of the molecule is COc1cccc(NNC(=O)COc2c(-c3ccccc3)oc3ccccc3c2=O)c1. The van der Waals surface area contributed by atoms with Gasteiger partial charge in [-0.3, -0.25) is 20.4 Å². The first-order valence-electron chi connectivity index (χ1n) is 9.58. The quantitative estimate of drug-likeness (QED) is 0.443. The second-order valence-electron chi connectivity index (χ2n) is 6.65. The first-order valence-corrected chi connectivity index (χ1v) is 9.58. The Morgan fingerprint density at radius 1 is 0.968 bits per heavy atom. The monoisotopic (exact) mass is 416 g/mol. The van der Waals surface area contributed by atoms with Crippen LogP contribution >= 0.6 is 0 Å². The molecule has 0 saturated carbocycles. The first kappa shape index (κ1) is 20.0. The molecule has 1 heterocycles. The van der Waals surface area contributed by atoms with Crippen LogP contribution in [0.4, 0.5) is 5.69 Å². The van der Waals surface area contributed by atoms with E-state index in [0.29, 0.717) is 28.0 Å². The summed E-state index contributed by atoms with van der Waals surface area (Å²) in [5.74, 6) is 0.449. The van der Waals surface area contributed by atoms with Gasteiger partial charge in [0.05, 0.1) is 18.2 Å². The van der Waals surface area contributed by atoms with Crippen molar-refractivity contribution in [1.82, 2.24) is 5.43 Å². The van der Waals surface area contributed by atoms with Crippen molar-refractivity contribution in [3.05, 3.63) is 89.1 Å². The first-order chi connectivity index (χ1) is 15.2. The summed E-state index contributed by atoms with van der Waals surface area (Å²) in [4.78, 5) is 25.3. The molecule has 1 aromatic heterocycles. The molecule has 7 heteroatoms. The van der Waals surface area contributed by atoms with Gasteiger partial charge in [-0.05, 0) is 24.3 Å². The standard InChI is InChI=1S/C24H20N2O5/c1-29-18-11-7-10-17(14-18)25-26-21(27)15-30-24-22(28)19-12-5-6-13-20(19)31-23(24)16-8-3-2-4-9-16/h2-14,25H,15H2,1H3,(H,26,27). The number of nitrogens with one attached hydrogen (secondary N) is 2. The zero-order valence-electron chi connectivity index (χ0n) is 16.8. The van der Waals surface area contributed by atoms with Gasteiger partial charge in [0.15, 0.2) is 12.4 Å². The number of carbonyl (C=O) groups excluding carboxylic acids is 1. The number of hydrogen-bond acceptors (Lipinski definition) is 6. The molecule has 31 heavy (non-hydrogen) atoms. The minimum atomic E-state index is -0.464. The molecule has 0 radical (unpaired) electrons. The number of methoxy groups -OCH3 is 1. The highest BCUT2D eigenvalue weighted by molar-refractivity contribution is 5.83. The lowest BCUT2D eigenvalue weighted by Crippen LogP contribution is -2.34. The maximum Gasteiger partial charge on any atom is 0.276 e. The molecule has 2 N–H and O–H groups in total. The van der Waals surface area contributed by atoms with Gasteiger partial charge in [0.25, 0.3) is 5.91 Å². The van der Waals surface area contributed by atoms with Gasteiger partial charge in [-0.25, -0.2) is 0 Å². The summed E-state index contributed by atoms with van der Waals surface area (Å²) < 4.78 is 16.8. The minimum absolute atomic E-state index is 0.0126. The van der Waals surface area contributed by atoms with Crippen molar-refractivity contribution in [2.75, 3.05) is 19.1 Å². The number of carbonyl (C=O) groups is 1. The van der Waals surface area contributed by atoms with Crippen molar-refractivity contribution in [3.63, 3.8) is 0 Å². The highest BCUT2D eigenvalue weighted by Crippen LogP contribution is 2.30. The third-order valence-electron chi connectivity index (χ3n) is 4.56. The summed E-state index contributed by atoms with van der Waals surface area (Å²) in [6, 6.07) is 23.1. The van der Waals surface area contributed by atoms with Crippen molar-refractivity contribution in [2.24, 2.45) is 0 Å². The Morgan fingerprint density at radius 2 is 1.74 bits per heavy atom. The van der Waals surface area contributed by atoms with Crippen LogP contribution in [0.1, 0.15) is 0 Å². The molecule has 0 spiro atoms. The third-order valence-corrected chi connectivity index (χ3v) is 4.56. The highest BCUT2D eigenvalue weighted by Gasteiger charge is 2.18. The van der Waals surface area contributed by atoms with E-state index in [1.54, 1.807) is 55.6 Å². The molecule has 0 fully saturated rings. The van der Waals surface area contributed by atoms with Gasteiger partial charge in [-0.15, -0.1) is 0 Å². The van der Waals surface area contributed by atoms with Crippen molar-refractivity contribution >= 4 is 22.6 Å². The molecular formula is C24H20N2O5. The summed E-state index contributed by atoms with van der Waals surface area (Å²) in [5.41, 5.74) is 6.75. The van der Waals surface area contributed by atoms with Crippen LogP contribution in [-0.2, 0) is 4.79 Å². The van der Waals surface area contributed by atoms with Crippen LogP contribution in [0.25, 0.3) is 22.3 Å². The average molecular weight is 416 g/mol.